The van der Waals surface area contributed by atoms with Gasteiger partial charge in [-0.05, 0) is 68.2 Å². The second-order valence-electron chi connectivity index (χ2n) is 14.1. The topological polar surface area (TPSA) is 174 Å². The van der Waals surface area contributed by atoms with Crippen molar-refractivity contribution in [3.8, 4) is 16.5 Å². The number of nitrogens with one attached hydrogen (secondary N) is 2. The highest BCUT2D eigenvalue weighted by Crippen LogP contribution is 2.46. The van der Waals surface area contributed by atoms with Crippen LogP contribution in [0.2, 0.25) is 0 Å². The highest BCUT2D eigenvalue weighted by molar-refractivity contribution is 7.91. The van der Waals surface area contributed by atoms with E-state index in [-0.39, 0.29) is 31.2 Å². The van der Waals surface area contributed by atoms with Crippen molar-refractivity contribution < 1.29 is 27.5 Å². The van der Waals surface area contributed by atoms with Gasteiger partial charge in [-0.1, -0.05) is 55.3 Å². The standard InChI is InChI=1S/C37H40N6O6S2/c38-26-12-5-3-1-2-4-11-23-20-37(23,36(46)42-51(47,48)25-16-17-25)41-33(44)29-19-24(21-43(29)35(26)45)49-34-32(39-27-13-7-8-14-28(27)40-34)31-18-22-10-6-9-15-30(22)50-31/h4,6-11,13-15,18,23-26,29H,1-3,5,12,16-17,19-21,38H2,(H,41,44)(H,42,46)/b11-4-/t23-,24-,26+,29+,37-/m1/s1. The molecule has 3 amide bonds. The molecule has 51 heavy (non-hydrogen) atoms. The summed E-state index contributed by atoms with van der Waals surface area (Å²) in [6, 6.07) is 15.8. The van der Waals surface area contributed by atoms with Crippen molar-refractivity contribution in [2.45, 2.75) is 86.8 Å². The number of thiophene rings is 1. The Balaban J connectivity index is 1.11. The second-order valence-corrected chi connectivity index (χ2v) is 17.2. The van der Waals surface area contributed by atoms with Crippen LogP contribution < -0.4 is 20.5 Å². The molecule has 1 saturated heterocycles. The molecule has 2 aliphatic carbocycles. The monoisotopic (exact) mass is 728 g/mol. The maximum Gasteiger partial charge on any atom is 0.259 e. The lowest BCUT2D eigenvalue weighted by atomic mass is 10.1. The van der Waals surface area contributed by atoms with Gasteiger partial charge >= 0.3 is 0 Å². The van der Waals surface area contributed by atoms with Gasteiger partial charge in [-0.25, -0.2) is 18.4 Å². The first kappa shape index (κ1) is 33.7. The van der Waals surface area contributed by atoms with Crippen molar-refractivity contribution in [1.82, 2.24) is 24.9 Å². The van der Waals surface area contributed by atoms with Gasteiger partial charge < -0.3 is 20.7 Å². The summed E-state index contributed by atoms with van der Waals surface area (Å²) in [5.41, 5.74) is 6.91. The van der Waals surface area contributed by atoms with Crippen LogP contribution in [-0.4, -0.2) is 76.5 Å². The van der Waals surface area contributed by atoms with Crippen LogP contribution in [0.15, 0.2) is 66.7 Å². The molecule has 3 fully saturated rings. The molecule has 266 valence electrons. The Morgan fingerprint density at radius 3 is 2.57 bits per heavy atom. The zero-order valence-electron chi connectivity index (χ0n) is 28.0. The Labute approximate surface area is 299 Å². The largest absolute Gasteiger partial charge is 0.471 e. The molecule has 2 aromatic heterocycles. The summed E-state index contributed by atoms with van der Waals surface area (Å²) in [7, 11) is -3.85. The molecule has 4 N–H and O–H groups in total. The molecule has 5 atom stereocenters. The average Bonchev–Trinajstić information content (AvgIpc) is 4.01. The van der Waals surface area contributed by atoms with Crippen LogP contribution in [0.1, 0.15) is 57.8 Å². The van der Waals surface area contributed by atoms with E-state index in [0.29, 0.717) is 41.9 Å². The molecule has 0 spiro atoms. The number of aromatic nitrogens is 2. The van der Waals surface area contributed by atoms with E-state index in [0.717, 1.165) is 40.6 Å². The van der Waals surface area contributed by atoms with Gasteiger partial charge in [0.2, 0.25) is 27.7 Å². The molecule has 2 aromatic carbocycles. The molecule has 2 aliphatic heterocycles. The van der Waals surface area contributed by atoms with Crippen LogP contribution in [0.5, 0.6) is 5.88 Å². The van der Waals surface area contributed by atoms with Gasteiger partial charge in [-0.3, -0.25) is 19.1 Å². The van der Waals surface area contributed by atoms with Crippen LogP contribution in [0.3, 0.4) is 0 Å². The zero-order valence-corrected chi connectivity index (χ0v) is 29.6. The normalized spacial score (nSPS) is 27.9. The van der Waals surface area contributed by atoms with Crippen LogP contribution in [-0.2, 0) is 24.4 Å². The van der Waals surface area contributed by atoms with Gasteiger partial charge in [0, 0.05) is 17.0 Å². The first-order valence-corrected chi connectivity index (χ1v) is 20.0. The van der Waals surface area contributed by atoms with Gasteiger partial charge in [0.15, 0.2) is 0 Å². The zero-order chi connectivity index (χ0) is 35.3. The number of rotatable bonds is 6. The minimum absolute atomic E-state index is 0.0730. The van der Waals surface area contributed by atoms with Crippen LogP contribution in [0.25, 0.3) is 31.7 Å². The van der Waals surface area contributed by atoms with Crippen molar-refractivity contribution in [1.29, 1.82) is 0 Å². The molecule has 8 rings (SSSR count). The van der Waals surface area contributed by atoms with Gasteiger partial charge in [0.1, 0.15) is 23.4 Å². The fraction of sp³-hybridized carbons (Fsp3) is 0.432. The van der Waals surface area contributed by atoms with E-state index in [9.17, 15) is 22.8 Å². The number of para-hydroxylation sites is 2. The summed E-state index contributed by atoms with van der Waals surface area (Å²) in [6.45, 7) is 0.0730. The molecule has 2 saturated carbocycles. The van der Waals surface area contributed by atoms with Gasteiger partial charge in [-0.15, -0.1) is 11.3 Å². The lowest BCUT2D eigenvalue weighted by molar-refractivity contribution is -0.140. The van der Waals surface area contributed by atoms with Crippen molar-refractivity contribution in [3.63, 3.8) is 0 Å². The van der Waals surface area contributed by atoms with Crippen molar-refractivity contribution in [3.05, 3.63) is 66.7 Å². The molecule has 4 heterocycles. The predicted molar refractivity (Wildman–Crippen MR) is 194 cm³/mol. The number of allylic oxidation sites excluding steroid dienone is 1. The first-order valence-electron chi connectivity index (χ1n) is 17.6. The minimum atomic E-state index is -3.85. The number of benzene rings is 2. The van der Waals surface area contributed by atoms with Crippen molar-refractivity contribution in [2.24, 2.45) is 11.7 Å². The Bertz CT molecular complexity index is 2130. The number of nitrogens with two attached hydrogens (primary N) is 1. The number of nitrogens with zero attached hydrogens (tertiary/aromatic N) is 3. The summed E-state index contributed by atoms with van der Waals surface area (Å²) in [5, 5.41) is 3.37. The Kier molecular flexibility index (Phi) is 8.79. The number of carbonyl (C=O) groups excluding carboxylic acids is 3. The number of sulfonamides is 1. The average molecular weight is 729 g/mol. The summed E-state index contributed by atoms with van der Waals surface area (Å²) in [6.07, 6.45) is 8.34. The fourth-order valence-electron chi connectivity index (χ4n) is 7.23. The minimum Gasteiger partial charge on any atom is -0.471 e. The van der Waals surface area contributed by atoms with Gasteiger partial charge in [0.25, 0.3) is 5.91 Å². The smallest absolute Gasteiger partial charge is 0.259 e. The third-order valence-electron chi connectivity index (χ3n) is 10.4. The van der Waals surface area contributed by atoms with Gasteiger partial charge in [0.05, 0.1) is 33.7 Å². The van der Waals surface area contributed by atoms with E-state index >= 15 is 0 Å². The van der Waals surface area contributed by atoms with E-state index in [1.165, 1.54) is 4.90 Å². The highest BCUT2D eigenvalue weighted by Gasteiger charge is 2.62. The number of carbonyl (C=O) groups is 3. The highest BCUT2D eigenvalue weighted by atomic mass is 32.2. The number of amides is 3. The molecule has 4 aliphatic rings. The molecule has 12 nitrogen and oxygen atoms in total. The van der Waals surface area contributed by atoms with E-state index in [1.807, 2.05) is 60.7 Å². The van der Waals surface area contributed by atoms with E-state index in [4.69, 9.17) is 20.4 Å². The van der Waals surface area contributed by atoms with E-state index < -0.39 is 50.8 Å². The van der Waals surface area contributed by atoms with Crippen LogP contribution in [0, 0.1) is 5.92 Å². The molecule has 4 aromatic rings. The quantitative estimate of drug-likeness (QED) is 0.246. The molecule has 0 bridgehead atoms. The third kappa shape index (κ3) is 6.72. The molecule has 0 radical (unpaired) electrons. The Hall–Kier alpha value is -4.40. The van der Waals surface area contributed by atoms with Gasteiger partial charge in [-0.2, -0.15) is 0 Å². The Morgan fingerprint density at radius 1 is 1.02 bits per heavy atom. The predicted octanol–water partition coefficient (Wildman–Crippen LogP) is 4.19. The first-order chi connectivity index (χ1) is 24.6. The molecular formula is C37H40N6O6S2. The van der Waals surface area contributed by atoms with Crippen molar-refractivity contribution in [2.75, 3.05) is 6.54 Å². The van der Waals surface area contributed by atoms with E-state index in [1.54, 1.807) is 11.3 Å². The summed E-state index contributed by atoms with van der Waals surface area (Å²) >= 11 is 1.57. The van der Waals surface area contributed by atoms with Crippen LogP contribution >= 0.6 is 11.3 Å². The fourth-order valence-corrected chi connectivity index (χ4v) is 9.63. The summed E-state index contributed by atoms with van der Waals surface area (Å²) in [4.78, 5) is 53.9. The molecule has 0 unspecified atom stereocenters. The lowest BCUT2D eigenvalue weighted by Gasteiger charge is -2.28. The van der Waals surface area contributed by atoms with Crippen molar-refractivity contribution >= 4 is 60.2 Å². The summed E-state index contributed by atoms with van der Waals surface area (Å²) < 4.78 is 35.5. The van der Waals surface area contributed by atoms with Crippen LogP contribution in [0.4, 0.5) is 0 Å². The number of hydrogen-bond donors (Lipinski definition) is 3. The summed E-state index contributed by atoms with van der Waals surface area (Å²) in [5.74, 6) is -1.76. The van der Waals surface area contributed by atoms with E-state index in [2.05, 4.69) is 16.1 Å². The maximum absolute atomic E-state index is 14.2. The second kappa shape index (κ2) is 13.3. The number of ether oxygens (including phenoxy) is 1. The number of fused-ring (bicyclic) bond motifs is 4. The molecular weight excluding hydrogens is 689 g/mol. The Morgan fingerprint density at radius 2 is 1.78 bits per heavy atom. The third-order valence-corrected chi connectivity index (χ3v) is 13.3. The number of hydrogen-bond acceptors (Lipinski definition) is 10. The maximum atomic E-state index is 14.2. The lowest BCUT2D eigenvalue weighted by Crippen LogP contribution is -2.57. The SMILES string of the molecule is N[C@H]1CCCCC/C=C\[C@@H]2C[C@@]2(C(=O)NS(=O)(=O)C2CC2)NC(=O)[C@@H]2C[C@@H](Oc3nc4ccccc4nc3-c3cc4ccccc4s3)CN2C1=O. The molecule has 14 heteroatoms.